The van der Waals surface area contributed by atoms with Gasteiger partial charge in [0, 0.05) is 12.0 Å². The third-order valence-corrected chi connectivity index (χ3v) is 3.67. The largest absolute Gasteiger partial charge is 0.351 e. The van der Waals surface area contributed by atoms with Crippen LogP contribution >= 0.6 is 0 Å². The monoisotopic (exact) mass is 264 g/mol. The third-order valence-electron chi connectivity index (χ3n) is 3.67. The molecule has 1 aromatic rings. The van der Waals surface area contributed by atoms with Crippen LogP contribution in [0.5, 0.6) is 0 Å². The summed E-state index contributed by atoms with van der Waals surface area (Å²) in [7, 11) is 0. The zero-order valence-electron chi connectivity index (χ0n) is 11.4. The molecule has 0 aliphatic heterocycles. The Bertz CT molecular complexity index is 473. The average Bonchev–Trinajstić information content (AvgIpc) is 3.08. The highest BCUT2D eigenvalue weighted by molar-refractivity contribution is 5.86. The SMILES string of the molecule is CCCC(C)(N)C(=O)NC1CC1c1cccc(F)c1. The maximum Gasteiger partial charge on any atom is 0.240 e. The van der Waals surface area contributed by atoms with Gasteiger partial charge in [0.05, 0.1) is 5.54 Å². The number of halogens is 1. The van der Waals surface area contributed by atoms with Crippen LogP contribution in [-0.4, -0.2) is 17.5 Å². The molecule has 0 spiro atoms. The Morgan fingerprint density at radius 3 is 2.95 bits per heavy atom. The zero-order chi connectivity index (χ0) is 14.0. The molecule has 3 N–H and O–H groups in total. The van der Waals surface area contributed by atoms with E-state index < -0.39 is 5.54 Å². The summed E-state index contributed by atoms with van der Waals surface area (Å²) in [4.78, 5) is 12.0. The molecule has 0 heterocycles. The first kappa shape index (κ1) is 14.0. The van der Waals surface area contributed by atoms with Crippen molar-refractivity contribution in [3.8, 4) is 0 Å². The summed E-state index contributed by atoms with van der Waals surface area (Å²) < 4.78 is 13.1. The highest BCUT2D eigenvalue weighted by atomic mass is 19.1. The molecule has 1 aliphatic carbocycles. The van der Waals surface area contributed by atoms with Crippen molar-refractivity contribution in [2.75, 3.05) is 0 Å². The Kier molecular flexibility index (Phi) is 3.90. The van der Waals surface area contributed by atoms with Gasteiger partial charge in [0.1, 0.15) is 5.82 Å². The molecule has 4 heteroatoms. The van der Waals surface area contributed by atoms with Gasteiger partial charge >= 0.3 is 0 Å². The summed E-state index contributed by atoms with van der Waals surface area (Å²) in [6.45, 7) is 3.76. The van der Waals surface area contributed by atoms with Crippen molar-refractivity contribution >= 4 is 5.91 Å². The van der Waals surface area contributed by atoms with E-state index in [1.165, 1.54) is 12.1 Å². The van der Waals surface area contributed by atoms with Crippen molar-refractivity contribution in [2.45, 2.75) is 50.6 Å². The summed E-state index contributed by atoms with van der Waals surface area (Å²) in [5, 5.41) is 2.96. The van der Waals surface area contributed by atoms with Gasteiger partial charge in [-0.1, -0.05) is 25.5 Å². The predicted molar refractivity (Wildman–Crippen MR) is 73.2 cm³/mol. The van der Waals surface area contributed by atoms with Crippen LogP contribution in [0.3, 0.4) is 0 Å². The Hall–Kier alpha value is -1.42. The minimum absolute atomic E-state index is 0.0917. The van der Waals surface area contributed by atoms with E-state index in [-0.39, 0.29) is 23.7 Å². The molecule has 3 nitrogen and oxygen atoms in total. The second-order valence-corrected chi connectivity index (χ2v) is 5.64. The van der Waals surface area contributed by atoms with Crippen molar-refractivity contribution in [3.05, 3.63) is 35.6 Å². The van der Waals surface area contributed by atoms with Crippen LogP contribution in [0.2, 0.25) is 0 Å². The van der Waals surface area contributed by atoms with Crippen LogP contribution < -0.4 is 11.1 Å². The topological polar surface area (TPSA) is 55.1 Å². The molecular formula is C15H21FN2O. The van der Waals surface area contributed by atoms with Crippen LogP contribution in [0.15, 0.2) is 24.3 Å². The molecule has 0 aromatic heterocycles. The molecule has 0 saturated heterocycles. The first-order chi connectivity index (χ1) is 8.94. The maximum atomic E-state index is 13.1. The van der Waals surface area contributed by atoms with Crippen LogP contribution in [0.4, 0.5) is 4.39 Å². The highest BCUT2D eigenvalue weighted by Crippen LogP contribution is 2.41. The fraction of sp³-hybridized carbons (Fsp3) is 0.533. The summed E-state index contributed by atoms with van der Waals surface area (Å²) >= 11 is 0. The van der Waals surface area contributed by atoms with E-state index in [0.29, 0.717) is 6.42 Å². The molecule has 1 saturated carbocycles. The lowest BCUT2D eigenvalue weighted by molar-refractivity contribution is -0.126. The van der Waals surface area contributed by atoms with E-state index in [1.54, 1.807) is 13.0 Å². The van der Waals surface area contributed by atoms with E-state index >= 15 is 0 Å². The van der Waals surface area contributed by atoms with Crippen molar-refractivity contribution in [2.24, 2.45) is 5.73 Å². The first-order valence-electron chi connectivity index (χ1n) is 6.79. The van der Waals surface area contributed by atoms with E-state index in [2.05, 4.69) is 5.32 Å². The van der Waals surface area contributed by atoms with E-state index in [0.717, 1.165) is 18.4 Å². The molecular weight excluding hydrogens is 243 g/mol. The molecule has 104 valence electrons. The lowest BCUT2D eigenvalue weighted by Gasteiger charge is -2.23. The van der Waals surface area contributed by atoms with Gasteiger partial charge in [-0.05, 0) is 37.5 Å². The Labute approximate surface area is 113 Å². The standard InChI is InChI=1S/C15H21FN2O/c1-3-7-15(2,17)14(19)18-13-9-12(13)10-5-4-6-11(16)8-10/h4-6,8,12-13H,3,7,9,17H2,1-2H3,(H,18,19). The van der Waals surface area contributed by atoms with Crippen LogP contribution in [0.1, 0.15) is 44.6 Å². The number of nitrogens with two attached hydrogens (primary N) is 1. The molecule has 1 fully saturated rings. The Morgan fingerprint density at radius 2 is 2.32 bits per heavy atom. The van der Waals surface area contributed by atoms with E-state index in [9.17, 15) is 9.18 Å². The number of rotatable bonds is 5. The summed E-state index contributed by atoms with van der Waals surface area (Å²) in [6.07, 6.45) is 2.39. The van der Waals surface area contributed by atoms with E-state index in [1.807, 2.05) is 13.0 Å². The number of nitrogens with one attached hydrogen (secondary N) is 1. The fourth-order valence-electron chi connectivity index (χ4n) is 2.43. The van der Waals surface area contributed by atoms with Gasteiger partial charge in [-0.3, -0.25) is 4.79 Å². The lowest BCUT2D eigenvalue weighted by Crippen LogP contribution is -2.52. The molecule has 19 heavy (non-hydrogen) atoms. The van der Waals surface area contributed by atoms with Crippen molar-refractivity contribution < 1.29 is 9.18 Å². The zero-order valence-corrected chi connectivity index (χ0v) is 11.4. The van der Waals surface area contributed by atoms with Gasteiger partial charge in [0.15, 0.2) is 0 Å². The van der Waals surface area contributed by atoms with Gasteiger partial charge in [-0.15, -0.1) is 0 Å². The smallest absolute Gasteiger partial charge is 0.240 e. The third kappa shape index (κ3) is 3.32. The maximum absolute atomic E-state index is 13.1. The quantitative estimate of drug-likeness (QED) is 0.857. The fourth-order valence-corrected chi connectivity index (χ4v) is 2.43. The van der Waals surface area contributed by atoms with Gasteiger partial charge in [-0.25, -0.2) is 4.39 Å². The second-order valence-electron chi connectivity index (χ2n) is 5.64. The van der Waals surface area contributed by atoms with Crippen LogP contribution in [0, 0.1) is 5.82 Å². The highest BCUT2D eigenvalue weighted by Gasteiger charge is 2.42. The number of carbonyl (C=O) groups is 1. The minimum atomic E-state index is -0.816. The van der Waals surface area contributed by atoms with Gasteiger partial charge in [0.2, 0.25) is 5.91 Å². The number of carbonyl (C=O) groups excluding carboxylic acids is 1. The van der Waals surface area contributed by atoms with Crippen LogP contribution in [0.25, 0.3) is 0 Å². The lowest BCUT2D eigenvalue weighted by atomic mass is 9.96. The predicted octanol–water partition coefficient (Wildman–Crippen LogP) is 2.32. The molecule has 1 aliphatic rings. The first-order valence-corrected chi connectivity index (χ1v) is 6.79. The minimum Gasteiger partial charge on any atom is -0.351 e. The Balaban J connectivity index is 1.92. The number of amides is 1. The molecule has 2 rings (SSSR count). The van der Waals surface area contributed by atoms with Crippen LogP contribution in [-0.2, 0) is 4.79 Å². The summed E-state index contributed by atoms with van der Waals surface area (Å²) in [6, 6.07) is 6.65. The molecule has 1 amide bonds. The van der Waals surface area contributed by atoms with E-state index in [4.69, 9.17) is 5.73 Å². The molecule has 0 bridgehead atoms. The average molecular weight is 264 g/mol. The van der Waals surface area contributed by atoms with Crippen molar-refractivity contribution in [1.29, 1.82) is 0 Å². The van der Waals surface area contributed by atoms with Crippen molar-refractivity contribution in [3.63, 3.8) is 0 Å². The van der Waals surface area contributed by atoms with Gasteiger partial charge in [0.25, 0.3) is 0 Å². The second kappa shape index (κ2) is 5.29. The Morgan fingerprint density at radius 1 is 1.58 bits per heavy atom. The number of benzene rings is 1. The number of hydrogen-bond acceptors (Lipinski definition) is 2. The van der Waals surface area contributed by atoms with Gasteiger partial charge in [-0.2, -0.15) is 0 Å². The molecule has 3 unspecified atom stereocenters. The normalized spacial score (nSPS) is 24.6. The molecule has 3 atom stereocenters. The molecule has 0 radical (unpaired) electrons. The summed E-state index contributed by atoms with van der Waals surface area (Å²) in [5.41, 5.74) is 6.11. The molecule has 1 aromatic carbocycles. The van der Waals surface area contributed by atoms with Crippen molar-refractivity contribution in [1.82, 2.24) is 5.32 Å². The van der Waals surface area contributed by atoms with Gasteiger partial charge < -0.3 is 11.1 Å². The summed E-state index contributed by atoms with van der Waals surface area (Å²) in [5.74, 6) is -0.126. The number of hydrogen-bond donors (Lipinski definition) is 2.